The van der Waals surface area contributed by atoms with E-state index in [0.29, 0.717) is 0 Å². The van der Waals surface area contributed by atoms with Crippen LogP contribution in [-0.4, -0.2) is 11.3 Å². The van der Waals surface area contributed by atoms with Crippen molar-refractivity contribution in [2.75, 3.05) is 9.80 Å². The predicted octanol–water partition coefficient (Wildman–Crippen LogP) is 8.44. The maximum Gasteiger partial charge on any atom is 0.253 e. The van der Waals surface area contributed by atoms with Crippen molar-refractivity contribution in [1.82, 2.24) is 4.57 Å². The van der Waals surface area contributed by atoms with E-state index in [1.807, 2.05) is 36.4 Å². The second-order valence-electron chi connectivity index (χ2n) is 12.1. The molecule has 0 saturated heterocycles. The van der Waals surface area contributed by atoms with Crippen molar-refractivity contribution in [3.63, 3.8) is 0 Å². The number of furan rings is 1. The molecule has 0 aliphatic carbocycles. The van der Waals surface area contributed by atoms with Crippen LogP contribution in [0.25, 0.3) is 32.8 Å². The Kier molecular flexibility index (Phi) is 5.05. The number of aromatic nitrogens is 1. The summed E-state index contributed by atoms with van der Waals surface area (Å²) in [5.74, 6) is -0.564. The molecule has 0 unspecified atom stereocenters. The van der Waals surface area contributed by atoms with Crippen LogP contribution in [0.5, 0.6) is 0 Å². The Hall–Kier alpha value is -5.82. The number of aryl methyl sites for hydroxylation is 1. The fourth-order valence-corrected chi connectivity index (χ4v) is 7.75. The maximum atomic E-state index is 14.3. The van der Waals surface area contributed by atoms with Crippen molar-refractivity contribution in [2.24, 2.45) is 7.05 Å². The van der Waals surface area contributed by atoms with Gasteiger partial charge in [-0.2, -0.15) is 0 Å². The van der Waals surface area contributed by atoms with Crippen LogP contribution in [0.3, 0.4) is 0 Å². The van der Waals surface area contributed by atoms with Gasteiger partial charge in [0.1, 0.15) is 22.8 Å². The topological polar surface area (TPSA) is 24.6 Å². The highest BCUT2D eigenvalue weighted by Gasteiger charge is 2.44. The lowest BCUT2D eigenvalue weighted by Gasteiger charge is -2.44. The van der Waals surface area contributed by atoms with E-state index in [4.69, 9.17) is 4.42 Å². The molecule has 2 aromatic heterocycles. The van der Waals surface area contributed by atoms with Crippen LogP contribution in [0.2, 0.25) is 0 Å². The zero-order valence-electron chi connectivity index (χ0n) is 24.7. The summed E-state index contributed by atoms with van der Waals surface area (Å²) in [5, 5.41) is 3.27. The SMILES string of the molecule is Cn1ccc2cc3c(cc21)N(c1ccc(F)cc1)c1cccc2c1B3c1c(ccc3oc4ccccc4c13)N2c1ccc(F)cc1. The lowest BCUT2D eigenvalue weighted by Crippen LogP contribution is -2.61. The zero-order chi connectivity index (χ0) is 30.7. The van der Waals surface area contributed by atoms with Gasteiger partial charge in [-0.1, -0.05) is 30.3 Å². The molecule has 2 aliphatic heterocycles. The van der Waals surface area contributed by atoms with E-state index in [2.05, 4.69) is 88.3 Å². The molecule has 10 rings (SSSR count). The molecule has 6 aromatic carbocycles. The molecular weight excluding hydrogens is 575 g/mol. The van der Waals surface area contributed by atoms with Crippen molar-refractivity contribution in [3.8, 4) is 0 Å². The van der Waals surface area contributed by atoms with E-state index in [9.17, 15) is 8.78 Å². The maximum absolute atomic E-state index is 14.3. The average Bonchev–Trinajstić information content (AvgIpc) is 3.64. The van der Waals surface area contributed by atoms with Crippen molar-refractivity contribution in [1.29, 1.82) is 0 Å². The Balaban J connectivity index is 1.38. The van der Waals surface area contributed by atoms with Gasteiger partial charge in [-0.3, -0.25) is 0 Å². The summed E-state index contributed by atoms with van der Waals surface area (Å²) < 4.78 is 37.1. The minimum absolute atomic E-state index is 0.140. The van der Waals surface area contributed by atoms with Crippen molar-refractivity contribution < 1.29 is 13.2 Å². The number of anilines is 6. The standard InChI is InChI=1S/C39H24BF2N3O/c1-43-20-19-23-21-29-34(22-33(23)43)45(27-15-11-25(42)12-16-27)31-7-4-6-30-38(31)40(29)39-32(44(30)26-13-9-24(41)10-14-26)17-18-36-37(39)28-5-2-3-8-35(28)46-36/h2-22H,1H3. The summed E-state index contributed by atoms with van der Waals surface area (Å²) >= 11 is 0. The average molecular weight is 599 g/mol. The first kappa shape index (κ1) is 25.5. The molecule has 0 fully saturated rings. The molecular formula is C39H24BF2N3O. The molecule has 4 heterocycles. The number of nitrogens with zero attached hydrogens (tertiary/aromatic N) is 3. The minimum Gasteiger partial charge on any atom is -0.456 e. The van der Waals surface area contributed by atoms with Crippen molar-refractivity contribution in [3.05, 3.63) is 139 Å². The van der Waals surface area contributed by atoms with E-state index in [0.717, 1.165) is 83.4 Å². The molecule has 8 aromatic rings. The summed E-state index contributed by atoms with van der Waals surface area (Å²) in [4.78, 5) is 4.48. The number of hydrogen-bond donors (Lipinski definition) is 0. The lowest BCUT2D eigenvalue weighted by atomic mass is 9.33. The second-order valence-corrected chi connectivity index (χ2v) is 12.1. The van der Waals surface area contributed by atoms with Gasteiger partial charge in [-0.25, -0.2) is 8.78 Å². The Morgan fingerprint density at radius 2 is 1.24 bits per heavy atom. The number of fused-ring (bicyclic) bond motifs is 9. The number of rotatable bonds is 2. The van der Waals surface area contributed by atoms with Gasteiger partial charge in [0.25, 0.3) is 6.71 Å². The highest BCUT2D eigenvalue weighted by Crippen LogP contribution is 2.46. The molecule has 0 amide bonds. The third-order valence-electron chi connectivity index (χ3n) is 9.68. The summed E-state index contributed by atoms with van der Waals surface area (Å²) in [7, 11) is 2.06. The van der Waals surface area contributed by atoms with Gasteiger partial charge in [0, 0.05) is 63.7 Å². The van der Waals surface area contributed by atoms with Gasteiger partial charge < -0.3 is 18.8 Å². The second kappa shape index (κ2) is 9.11. The van der Waals surface area contributed by atoms with Crippen LogP contribution in [0, 0.1) is 11.6 Å². The Labute approximate surface area is 263 Å². The van der Waals surface area contributed by atoms with Gasteiger partial charge in [-0.15, -0.1) is 0 Å². The molecule has 0 atom stereocenters. The van der Waals surface area contributed by atoms with Gasteiger partial charge in [-0.05, 0) is 113 Å². The minimum atomic E-state index is -0.284. The number of benzene rings is 6. The third kappa shape index (κ3) is 3.37. The summed E-state index contributed by atoms with van der Waals surface area (Å²) in [5.41, 5.74) is 12.0. The highest BCUT2D eigenvalue weighted by molar-refractivity contribution is 7.02. The first-order valence-electron chi connectivity index (χ1n) is 15.3. The van der Waals surface area contributed by atoms with E-state index in [1.165, 1.54) is 24.3 Å². The number of halogens is 2. The molecule has 7 heteroatoms. The Bertz CT molecular complexity index is 2540. The predicted molar refractivity (Wildman–Crippen MR) is 184 cm³/mol. The first-order valence-corrected chi connectivity index (χ1v) is 15.3. The molecule has 0 bridgehead atoms. The molecule has 0 saturated carbocycles. The fraction of sp³-hybridized carbons (Fsp3) is 0.0256. The molecule has 218 valence electrons. The first-order chi connectivity index (χ1) is 22.5. The molecule has 2 aliphatic rings. The van der Waals surface area contributed by atoms with Crippen LogP contribution in [0.4, 0.5) is 42.9 Å². The fourth-order valence-electron chi connectivity index (χ4n) is 7.75. The quantitative estimate of drug-likeness (QED) is 0.187. The van der Waals surface area contributed by atoms with Crippen LogP contribution in [0.15, 0.2) is 132 Å². The van der Waals surface area contributed by atoms with Gasteiger partial charge in [0.05, 0.1) is 0 Å². The van der Waals surface area contributed by atoms with Crippen LogP contribution < -0.4 is 26.2 Å². The highest BCUT2D eigenvalue weighted by atomic mass is 19.1. The third-order valence-corrected chi connectivity index (χ3v) is 9.68. The molecule has 46 heavy (non-hydrogen) atoms. The van der Waals surface area contributed by atoms with Gasteiger partial charge in [0.15, 0.2) is 0 Å². The van der Waals surface area contributed by atoms with Crippen molar-refractivity contribution in [2.45, 2.75) is 0 Å². The normalized spacial score (nSPS) is 13.4. The smallest absolute Gasteiger partial charge is 0.253 e. The zero-order valence-corrected chi connectivity index (χ0v) is 24.7. The summed E-state index contributed by atoms with van der Waals surface area (Å²) in [6.07, 6.45) is 2.09. The van der Waals surface area contributed by atoms with E-state index < -0.39 is 0 Å². The van der Waals surface area contributed by atoms with Crippen LogP contribution >= 0.6 is 0 Å². The van der Waals surface area contributed by atoms with E-state index >= 15 is 0 Å². The largest absolute Gasteiger partial charge is 0.456 e. The lowest BCUT2D eigenvalue weighted by molar-refractivity contribution is 0.627. The molecule has 0 spiro atoms. The summed E-state index contributed by atoms with van der Waals surface area (Å²) in [6.45, 7) is -0.140. The number of para-hydroxylation sites is 1. The molecule has 0 N–H and O–H groups in total. The van der Waals surface area contributed by atoms with Gasteiger partial charge >= 0.3 is 0 Å². The summed E-state index contributed by atoms with van der Waals surface area (Å²) in [6, 6.07) is 38.8. The van der Waals surface area contributed by atoms with Crippen LogP contribution in [0.1, 0.15) is 0 Å². The van der Waals surface area contributed by atoms with Crippen molar-refractivity contribution >= 4 is 90.1 Å². The van der Waals surface area contributed by atoms with E-state index in [-0.39, 0.29) is 18.3 Å². The molecule has 4 nitrogen and oxygen atoms in total. The number of hydrogen-bond acceptors (Lipinski definition) is 3. The Morgan fingerprint density at radius 1 is 0.587 bits per heavy atom. The van der Waals surface area contributed by atoms with E-state index in [1.54, 1.807) is 0 Å². The Morgan fingerprint density at radius 3 is 1.96 bits per heavy atom. The molecule has 0 radical (unpaired) electrons. The monoisotopic (exact) mass is 599 g/mol. The van der Waals surface area contributed by atoms with Gasteiger partial charge in [0.2, 0.25) is 0 Å². The van der Waals surface area contributed by atoms with Crippen LogP contribution in [-0.2, 0) is 7.05 Å².